The van der Waals surface area contributed by atoms with Crippen molar-refractivity contribution in [2.45, 2.75) is 31.7 Å². The molecule has 25 heavy (non-hydrogen) atoms. The van der Waals surface area contributed by atoms with Crippen molar-refractivity contribution in [1.29, 1.82) is 0 Å². The maximum absolute atomic E-state index is 13.0. The van der Waals surface area contributed by atoms with E-state index in [1.165, 1.54) is 0 Å². The van der Waals surface area contributed by atoms with Crippen molar-refractivity contribution in [3.8, 4) is 0 Å². The molecule has 1 aliphatic carbocycles. The number of carbonyl (C=O) groups excluding carboxylic acids is 3. The molecule has 0 bridgehead atoms. The van der Waals surface area contributed by atoms with Crippen LogP contribution in [0.5, 0.6) is 0 Å². The SMILES string of the molecule is CC[C@@]1(c2ccc(Cl)cc2)NC(=O)N(CC(=O)N(C)CC2CC2)C1=O. The maximum Gasteiger partial charge on any atom is 0.325 e. The van der Waals surface area contributed by atoms with E-state index in [2.05, 4.69) is 5.32 Å². The van der Waals surface area contributed by atoms with E-state index in [0.29, 0.717) is 29.5 Å². The molecule has 0 unspecified atom stereocenters. The Bertz CT molecular complexity index is 702. The first kappa shape index (κ1) is 17.7. The predicted octanol–water partition coefficient (Wildman–Crippen LogP) is 2.37. The first-order chi connectivity index (χ1) is 11.9. The first-order valence-corrected chi connectivity index (χ1v) is 8.89. The molecular weight excluding hydrogens is 342 g/mol. The van der Waals surface area contributed by atoms with E-state index in [1.807, 2.05) is 6.92 Å². The Hall–Kier alpha value is -2.08. The van der Waals surface area contributed by atoms with E-state index in [4.69, 9.17) is 11.6 Å². The molecule has 3 rings (SSSR count). The number of urea groups is 1. The molecule has 1 aromatic rings. The summed E-state index contributed by atoms with van der Waals surface area (Å²) in [7, 11) is 1.71. The third-order valence-corrected chi connectivity index (χ3v) is 5.24. The highest BCUT2D eigenvalue weighted by Crippen LogP contribution is 2.33. The first-order valence-electron chi connectivity index (χ1n) is 8.51. The number of rotatable bonds is 6. The second-order valence-corrected chi connectivity index (χ2v) is 7.24. The van der Waals surface area contributed by atoms with E-state index < -0.39 is 17.5 Å². The zero-order valence-electron chi connectivity index (χ0n) is 14.4. The number of imide groups is 1. The average Bonchev–Trinajstić information content (AvgIpc) is 3.37. The van der Waals surface area contributed by atoms with Crippen LogP contribution in [0.4, 0.5) is 4.79 Å². The van der Waals surface area contributed by atoms with Crippen molar-refractivity contribution in [1.82, 2.24) is 15.1 Å². The third-order valence-electron chi connectivity index (χ3n) is 4.99. The number of nitrogens with one attached hydrogen (secondary N) is 1. The van der Waals surface area contributed by atoms with Crippen molar-refractivity contribution in [3.05, 3.63) is 34.9 Å². The Labute approximate surface area is 152 Å². The summed E-state index contributed by atoms with van der Waals surface area (Å²) in [4.78, 5) is 40.4. The van der Waals surface area contributed by atoms with Gasteiger partial charge < -0.3 is 10.2 Å². The van der Waals surface area contributed by atoms with Crippen LogP contribution in [0.3, 0.4) is 0 Å². The number of carbonyl (C=O) groups is 3. The summed E-state index contributed by atoms with van der Waals surface area (Å²) < 4.78 is 0. The Balaban J connectivity index is 1.78. The number of hydrogen-bond acceptors (Lipinski definition) is 3. The minimum atomic E-state index is -1.14. The van der Waals surface area contributed by atoms with E-state index in [-0.39, 0.29) is 12.5 Å². The lowest BCUT2D eigenvalue weighted by molar-refractivity contribution is -0.138. The van der Waals surface area contributed by atoms with Gasteiger partial charge in [-0.05, 0) is 42.9 Å². The van der Waals surface area contributed by atoms with Crippen LogP contribution >= 0.6 is 11.6 Å². The molecule has 6 nitrogen and oxygen atoms in total. The number of likely N-dealkylation sites (N-methyl/N-ethyl adjacent to an activating group) is 1. The zero-order chi connectivity index (χ0) is 18.2. The van der Waals surface area contributed by atoms with Gasteiger partial charge in [0.15, 0.2) is 0 Å². The molecular formula is C18H22ClN3O3. The summed E-state index contributed by atoms with van der Waals surface area (Å²) >= 11 is 5.92. The molecule has 1 saturated heterocycles. The molecule has 134 valence electrons. The largest absolute Gasteiger partial charge is 0.344 e. The molecule has 2 fully saturated rings. The summed E-state index contributed by atoms with van der Waals surface area (Å²) in [5.41, 5.74) is -0.476. The van der Waals surface area contributed by atoms with Crippen LogP contribution in [0.15, 0.2) is 24.3 Å². The van der Waals surface area contributed by atoms with Crippen LogP contribution in [0.2, 0.25) is 5.02 Å². The Kier molecular flexibility index (Phi) is 4.73. The van der Waals surface area contributed by atoms with E-state index in [1.54, 1.807) is 36.2 Å². The fourth-order valence-electron chi connectivity index (χ4n) is 3.19. The molecule has 1 heterocycles. The quantitative estimate of drug-likeness (QED) is 0.789. The van der Waals surface area contributed by atoms with E-state index in [9.17, 15) is 14.4 Å². The number of benzene rings is 1. The molecule has 7 heteroatoms. The highest BCUT2D eigenvalue weighted by molar-refractivity contribution is 6.30. The minimum Gasteiger partial charge on any atom is -0.344 e. The molecule has 1 saturated carbocycles. The molecule has 1 aromatic carbocycles. The molecule has 0 spiro atoms. The van der Waals surface area contributed by atoms with Gasteiger partial charge in [0.2, 0.25) is 5.91 Å². The number of hydrogen-bond donors (Lipinski definition) is 1. The normalized spacial score (nSPS) is 22.9. The molecule has 1 N–H and O–H groups in total. The zero-order valence-corrected chi connectivity index (χ0v) is 15.2. The molecule has 0 aromatic heterocycles. The van der Waals surface area contributed by atoms with E-state index >= 15 is 0 Å². The van der Waals surface area contributed by atoms with Crippen molar-refractivity contribution in [2.24, 2.45) is 5.92 Å². The number of amides is 4. The Morgan fingerprint density at radius 3 is 2.52 bits per heavy atom. The molecule has 2 aliphatic rings. The van der Waals surface area contributed by atoms with Gasteiger partial charge in [-0.1, -0.05) is 30.7 Å². The number of halogens is 1. The fourth-order valence-corrected chi connectivity index (χ4v) is 3.32. The third kappa shape index (κ3) is 3.35. The predicted molar refractivity (Wildman–Crippen MR) is 94.0 cm³/mol. The second-order valence-electron chi connectivity index (χ2n) is 6.80. The Morgan fingerprint density at radius 2 is 1.96 bits per heavy atom. The van der Waals surface area contributed by atoms with Gasteiger partial charge in [-0.2, -0.15) is 0 Å². The molecule has 4 amide bonds. The van der Waals surface area contributed by atoms with Gasteiger partial charge in [0.1, 0.15) is 12.1 Å². The Morgan fingerprint density at radius 1 is 1.32 bits per heavy atom. The summed E-state index contributed by atoms with van der Waals surface area (Å²) in [6.45, 7) is 2.28. The standard InChI is InChI=1S/C18H22ClN3O3/c1-3-18(13-6-8-14(19)9-7-13)16(24)22(17(25)20-18)11-15(23)21(2)10-12-4-5-12/h6-9,12H,3-5,10-11H2,1-2H3,(H,20,25)/t18-/m0/s1. The van der Waals surface area contributed by atoms with Gasteiger partial charge in [-0.25, -0.2) is 4.79 Å². The summed E-state index contributed by atoms with van der Waals surface area (Å²) in [6, 6.07) is 6.30. The molecule has 0 radical (unpaired) electrons. The van der Waals surface area contributed by atoms with Gasteiger partial charge >= 0.3 is 6.03 Å². The van der Waals surface area contributed by atoms with Crippen LogP contribution in [0, 0.1) is 5.92 Å². The van der Waals surface area contributed by atoms with Gasteiger partial charge in [0.25, 0.3) is 5.91 Å². The monoisotopic (exact) mass is 363 g/mol. The van der Waals surface area contributed by atoms with Crippen LogP contribution < -0.4 is 5.32 Å². The molecule has 1 aliphatic heterocycles. The summed E-state index contributed by atoms with van der Waals surface area (Å²) in [5.74, 6) is -0.0604. The van der Waals surface area contributed by atoms with Crippen molar-refractivity contribution >= 4 is 29.4 Å². The van der Waals surface area contributed by atoms with E-state index in [0.717, 1.165) is 17.7 Å². The lowest BCUT2D eigenvalue weighted by Crippen LogP contribution is -2.45. The number of nitrogens with zero attached hydrogens (tertiary/aromatic N) is 2. The fraction of sp³-hybridized carbons (Fsp3) is 0.500. The smallest absolute Gasteiger partial charge is 0.325 e. The highest BCUT2D eigenvalue weighted by Gasteiger charge is 2.51. The van der Waals surface area contributed by atoms with Gasteiger partial charge in [0.05, 0.1) is 0 Å². The lowest BCUT2D eigenvalue weighted by atomic mass is 9.87. The van der Waals surface area contributed by atoms with Crippen molar-refractivity contribution in [3.63, 3.8) is 0 Å². The van der Waals surface area contributed by atoms with Gasteiger partial charge in [0, 0.05) is 18.6 Å². The van der Waals surface area contributed by atoms with Crippen LogP contribution in [0.25, 0.3) is 0 Å². The topological polar surface area (TPSA) is 69.7 Å². The van der Waals surface area contributed by atoms with Crippen LogP contribution in [-0.4, -0.2) is 47.8 Å². The maximum atomic E-state index is 13.0. The van der Waals surface area contributed by atoms with Crippen LogP contribution in [0.1, 0.15) is 31.7 Å². The average molecular weight is 364 g/mol. The van der Waals surface area contributed by atoms with Crippen LogP contribution in [-0.2, 0) is 15.1 Å². The van der Waals surface area contributed by atoms with Gasteiger partial charge in [-0.3, -0.25) is 14.5 Å². The van der Waals surface area contributed by atoms with Crippen molar-refractivity contribution < 1.29 is 14.4 Å². The van der Waals surface area contributed by atoms with Gasteiger partial charge in [-0.15, -0.1) is 0 Å². The summed E-state index contributed by atoms with van der Waals surface area (Å²) in [5, 5.41) is 3.33. The molecule has 1 atom stereocenters. The van der Waals surface area contributed by atoms with Crippen molar-refractivity contribution in [2.75, 3.05) is 20.1 Å². The lowest BCUT2D eigenvalue weighted by Gasteiger charge is -2.26. The summed E-state index contributed by atoms with van der Waals surface area (Å²) in [6.07, 6.45) is 2.66. The minimum absolute atomic E-state index is 0.224. The second kappa shape index (κ2) is 6.67. The highest BCUT2D eigenvalue weighted by atomic mass is 35.5.